The first-order valence-corrected chi connectivity index (χ1v) is 4.58. The van der Waals surface area contributed by atoms with Crippen LogP contribution >= 0.6 is 0 Å². The minimum atomic E-state index is 0.187. The van der Waals surface area contributed by atoms with Crippen LogP contribution in [-0.2, 0) is 0 Å². The lowest BCUT2D eigenvalue weighted by Crippen LogP contribution is -2.20. The average molecular weight is 161 g/mol. The van der Waals surface area contributed by atoms with E-state index in [4.69, 9.17) is 0 Å². The zero-order valence-electron chi connectivity index (χ0n) is 8.02. The van der Waals surface area contributed by atoms with Crippen molar-refractivity contribution >= 4 is 5.71 Å². The van der Waals surface area contributed by atoms with E-state index in [-0.39, 0.29) is 5.41 Å². The Morgan fingerprint density at radius 3 is 2.83 bits per heavy atom. The highest BCUT2D eigenvalue weighted by Crippen LogP contribution is 2.41. The Labute approximate surface area is 73.9 Å². The molecule has 0 saturated heterocycles. The van der Waals surface area contributed by atoms with Crippen LogP contribution in [0.15, 0.2) is 28.4 Å². The summed E-state index contributed by atoms with van der Waals surface area (Å²) in [7, 11) is 0. The van der Waals surface area contributed by atoms with Crippen molar-refractivity contribution < 1.29 is 0 Å². The molecular weight excluding hydrogens is 146 g/mol. The molecule has 0 fully saturated rings. The second-order valence-corrected chi connectivity index (χ2v) is 4.12. The number of aliphatic imine (C=N–C) groups is 1. The Morgan fingerprint density at radius 2 is 2.17 bits per heavy atom. The molecule has 12 heavy (non-hydrogen) atoms. The maximum absolute atomic E-state index is 4.61. The highest BCUT2D eigenvalue weighted by Gasteiger charge is 2.33. The molecule has 0 aromatic carbocycles. The van der Waals surface area contributed by atoms with Crippen molar-refractivity contribution in [2.75, 3.05) is 0 Å². The second-order valence-electron chi connectivity index (χ2n) is 4.12. The van der Waals surface area contributed by atoms with Crippen LogP contribution in [0.2, 0.25) is 0 Å². The summed E-state index contributed by atoms with van der Waals surface area (Å²) in [6.45, 7) is 6.64. The summed E-state index contributed by atoms with van der Waals surface area (Å²) < 4.78 is 0. The van der Waals surface area contributed by atoms with E-state index in [9.17, 15) is 0 Å². The molecule has 2 aliphatic rings. The van der Waals surface area contributed by atoms with Gasteiger partial charge in [0.2, 0.25) is 0 Å². The molecule has 0 N–H and O–H groups in total. The summed E-state index contributed by atoms with van der Waals surface area (Å²) in [5, 5.41) is 0. The van der Waals surface area contributed by atoms with Crippen molar-refractivity contribution in [1.82, 2.24) is 0 Å². The first-order valence-electron chi connectivity index (χ1n) is 4.58. The van der Waals surface area contributed by atoms with E-state index in [1.54, 1.807) is 0 Å². The molecule has 0 aromatic heterocycles. The van der Waals surface area contributed by atoms with Gasteiger partial charge in [-0.2, -0.15) is 0 Å². The zero-order chi connectivity index (χ0) is 8.77. The summed E-state index contributed by atoms with van der Waals surface area (Å²) in [5.41, 5.74) is 4.21. The van der Waals surface area contributed by atoms with Crippen LogP contribution in [0.3, 0.4) is 0 Å². The van der Waals surface area contributed by atoms with Gasteiger partial charge in [0.25, 0.3) is 0 Å². The standard InChI is InChI=1S/C11H15N/c1-8-11(2,3)9-6-4-5-7-10(9)12-8/h4,6H,5,7H2,1-3H3. The SMILES string of the molecule is CC1=NC2=C(C=CCC2)C1(C)C. The molecule has 0 bridgehead atoms. The molecule has 0 spiro atoms. The van der Waals surface area contributed by atoms with Gasteiger partial charge in [-0.1, -0.05) is 26.0 Å². The van der Waals surface area contributed by atoms with Crippen LogP contribution < -0.4 is 0 Å². The summed E-state index contributed by atoms with van der Waals surface area (Å²) in [4.78, 5) is 4.61. The van der Waals surface area contributed by atoms with E-state index in [2.05, 4.69) is 37.9 Å². The summed E-state index contributed by atoms with van der Waals surface area (Å²) >= 11 is 0. The van der Waals surface area contributed by atoms with Crippen LogP contribution in [0, 0.1) is 5.41 Å². The molecule has 1 nitrogen and oxygen atoms in total. The molecule has 0 amide bonds. The first kappa shape index (κ1) is 7.78. The number of allylic oxidation sites excluding steroid dienone is 4. The average Bonchev–Trinajstić information content (AvgIpc) is 2.25. The summed E-state index contributed by atoms with van der Waals surface area (Å²) in [6.07, 6.45) is 6.80. The first-order chi connectivity index (χ1) is 5.62. The monoisotopic (exact) mass is 161 g/mol. The van der Waals surface area contributed by atoms with Gasteiger partial charge in [0.1, 0.15) is 0 Å². The van der Waals surface area contributed by atoms with Gasteiger partial charge < -0.3 is 0 Å². The van der Waals surface area contributed by atoms with E-state index >= 15 is 0 Å². The third-order valence-electron chi connectivity index (χ3n) is 3.02. The van der Waals surface area contributed by atoms with Gasteiger partial charge >= 0.3 is 0 Å². The largest absolute Gasteiger partial charge is 0.261 e. The van der Waals surface area contributed by atoms with Crippen LogP contribution in [-0.4, -0.2) is 5.71 Å². The van der Waals surface area contributed by atoms with Crippen molar-refractivity contribution in [3.8, 4) is 0 Å². The zero-order valence-corrected chi connectivity index (χ0v) is 8.02. The van der Waals surface area contributed by atoms with E-state index in [0.29, 0.717) is 0 Å². The molecule has 1 heteroatoms. The highest BCUT2D eigenvalue weighted by molar-refractivity contribution is 5.94. The van der Waals surface area contributed by atoms with Crippen molar-refractivity contribution in [1.29, 1.82) is 0 Å². The van der Waals surface area contributed by atoms with Gasteiger partial charge in [0, 0.05) is 16.8 Å². The van der Waals surface area contributed by atoms with E-state index < -0.39 is 0 Å². The van der Waals surface area contributed by atoms with Crippen molar-refractivity contribution in [2.24, 2.45) is 10.4 Å². The third-order valence-corrected chi connectivity index (χ3v) is 3.02. The molecule has 1 aliphatic carbocycles. The number of hydrogen-bond acceptors (Lipinski definition) is 1. The van der Waals surface area contributed by atoms with Crippen LogP contribution in [0.5, 0.6) is 0 Å². The number of rotatable bonds is 0. The van der Waals surface area contributed by atoms with Crippen molar-refractivity contribution in [3.05, 3.63) is 23.4 Å². The Morgan fingerprint density at radius 1 is 1.42 bits per heavy atom. The molecule has 1 heterocycles. The van der Waals surface area contributed by atoms with Gasteiger partial charge in [-0.05, 0) is 25.3 Å². The Kier molecular flexibility index (Phi) is 1.50. The molecule has 0 radical (unpaired) electrons. The van der Waals surface area contributed by atoms with E-state index in [0.717, 1.165) is 12.8 Å². The molecule has 0 saturated carbocycles. The van der Waals surface area contributed by atoms with Gasteiger partial charge in [-0.3, -0.25) is 4.99 Å². The Hall–Kier alpha value is -0.850. The Bertz CT molecular complexity index is 303. The van der Waals surface area contributed by atoms with E-state index in [1.165, 1.54) is 17.0 Å². The molecule has 0 unspecified atom stereocenters. The van der Waals surface area contributed by atoms with Crippen molar-refractivity contribution in [2.45, 2.75) is 33.6 Å². The third kappa shape index (κ3) is 0.889. The lowest BCUT2D eigenvalue weighted by Gasteiger charge is -2.22. The normalized spacial score (nSPS) is 25.8. The molecule has 64 valence electrons. The van der Waals surface area contributed by atoms with Gasteiger partial charge in [0.15, 0.2) is 0 Å². The fourth-order valence-electron chi connectivity index (χ4n) is 1.87. The predicted molar refractivity (Wildman–Crippen MR) is 52.3 cm³/mol. The van der Waals surface area contributed by atoms with Gasteiger partial charge in [0.05, 0.1) is 0 Å². The quantitative estimate of drug-likeness (QED) is 0.517. The second kappa shape index (κ2) is 2.32. The number of hydrogen-bond donors (Lipinski definition) is 0. The van der Waals surface area contributed by atoms with Gasteiger partial charge in [-0.25, -0.2) is 0 Å². The fraction of sp³-hybridized carbons (Fsp3) is 0.545. The van der Waals surface area contributed by atoms with Crippen LogP contribution in [0.25, 0.3) is 0 Å². The van der Waals surface area contributed by atoms with Crippen molar-refractivity contribution in [3.63, 3.8) is 0 Å². The molecule has 0 aromatic rings. The maximum atomic E-state index is 4.61. The highest BCUT2D eigenvalue weighted by atomic mass is 14.8. The smallest absolute Gasteiger partial charge is 0.0447 e. The maximum Gasteiger partial charge on any atom is 0.0447 e. The predicted octanol–water partition coefficient (Wildman–Crippen LogP) is 3.09. The van der Waals surface area contributed by atoms with E-state index in [1.807, 2.05) is 0 Å². The Balaban J connectivity index is 2.48. The number of nitrogens with zero attached hydrogens (tertiary/aromatic N) is 1. The minimum Gasteiger partial charge on any atom is -0.261 e. The lowest BCUT2D eigenvalue weighted by molar-refractivity contribution is 0.644. The summed E-state index contributed by atoms with van der Waals surface area (Å²) in [6, 6.07) is 0. The van der Waals surface area contributed by atoms with Crippen LogP contribution in [0.4, 0.5) is 0 Å². The topological polar surface area (TPSA) is 12.4 Å². The lowest BCUT2D eigenvalue weighted by atomic mass is 9.79. The fourth-order valence-corrected chi connectivity index (χ4v) is 1.87. The molecule has 0 atom stereocenters. The summed E-state index contributed by atoms with van der Waals surface area (Å²) in [5.74, 6) is 0. The molecule has 2 rings (SSSR count). The van der Waals surface area contributed by atoms with Gasteiger partial charge in [-0.15, -0.1) is 0 Å². The molecule has 1 aliphatic heterocycles. The molecular formula is C11H15N. The van der Waals surface area contributed by atoms with Crippen LogP contribution in [0.1, 0.15) is 33.6 Å². The minimum absolute atomic E-state index is 0.187.